The van der Waals surface area contributed by atoms with Gasteiger partial charge in [0.05, 0.1) is 33.9 Å². The van der Waals surface area contributed by atoms with Crippen molar-refractivity contribution in [2.45, 2.75) is 39.8 Å². The van der Waals surface area contributed by atoms with E-state index in [0.29, 0.717) is 5.69 Å². The molecule has 0 spiro atoms. The summed E-state index contributed by atoms with van der Waals surface area (Å²) in [6.07, 6.45) is 0.496. The van der Waals surface area contributed by atoms with Crippen molar-refractivity contribution < 1.29 is 9.90 Å². The number of aromatic amines is 1. The van der Waals surface area contributed by atoms with Crippen LogP contribution >= 0.6 is 11.3 Å². The lowest BCUT2D eigenvalue weighted by Crippen LogP contribution is -2.50. The predicted octanol–water partition coefficient (Wildman–Crippen LogP) is 2.57. The molecule has 0 aliphatic heterocycles. The van der Waals surface area contributed by atoms with E-state index < -0.39 is 17.3 Å². The molecule has 2 aromatic carbocycles. The highest BCUT2D eigenvalue weighted by atomic mass is 32.1. The lowest BCUT2D eigenvalue weighted by Gasteiger charge is -2.11. The van der Waals surface area contributed by atoms with Crippen LogP contribution in [0.4, 0.5) is 5.69 Å². The number of aromatic nitrogens is 4. The molecule has 0 amide bonds. The molecule has 0 atom stereocenters. The number of carboxylic acids is 1. The van der Waals surface area contributed by atoms with Crippen LogP contribution in [0.2, 0.25) is 0 Å². The van der Waals surface area contributed by atoms with Gasteiger partial charge < -0.3 is 5.11 Å². The molecule has 2 N–H and O–H groups in total. The summed E-state index contributed by atoms with van der Waals surface area (Å²) in [4.78, 5) is 48.5. The molecule has 2 heterocycles. The van der Waals surface area contributed by atoms with Gasteiger partial charge in [-0.25, -0.2) is 24.1 Å². The number of rotatable bonds is 7. The van der Waals surface area contributed by atoms with Crippen molar-refractivity contribution in [2.75, 3.05) is 0 Å². The zero-order valence-corrected chi connectivity index (χ0v) is 19.1. The molecule has 4 rings (SSSR count). The third-order valence-electron chi connectivity index (χ3n) is 5.15. The number of fused-ring (bicyclic) bond motifs is 1. The molecule has 0 aliphatic rings. The summed E-state index contributed by atoms with van der Waals surface area (Å²) in [5, 5.41) is 10.0. The molecule has 2 aromatic heterocycles. The molecular weight excluding hydrogens is 442 g/mol. The summed E-state index contributed by atoms with van der Waals surface area (Å²) in [6, 6.07) is 13.2. The topological polar surface area (TPSA) is 122 Å². The largest absolute Gasteiger partial charge is 0.481 e. The molecule has 33 heavy (non-hydrogen) atoms. The number of hydrogen-bond donors (Lipinski definition) is 2. The summed E-state index contributed by atoms with van der Waals surface area (Å²) in [5.41, 5.74) is 2.15. The van der Waals surface area contributed by atoms with Crippen LogP contribution in [0.1, 0.15) is 29.5 Å². The fourth-order valence-corrected chi connectivity index (χ4v) is 4.31. The van der Waals surface area contributed by atoms with Gasteiger partial charge in [-0.1, -0.05) is 36.8 Å². The van der Waals surface area contributed by atoms with Gasteiger partial charge in [0.15, 0.2) is 0 Å². The van der Waals surface area contributed by atoms with Gasteiger partial charge in [0.2, 0.25) is 5.62 Å². The van der Waals surface area contributed by atoms with Crippen LogP contribution < -0.4 is 17.0 Å². The van der Waals surface area contributed by atoms with Crippen LogP contribution in [0.3, 0.4) is 0 Å². The van der Waals surface area contributed by atoms with E-state index in [1.165, 1.54) is 4.57 Å². The number of thiazole rings is 1. The van der Waals surface area contributed by atoms with Crippen molar-refractivity contribution in [3.8, 4) is 0 Å². The third kappa shape index (κ3) is 5.01. The minimum absolute atomic E-state index is 0.0942. The van der Waals surface area contributed by atoms with Crippen LogP contribution in [0.25, 0.3) is 10.2 Å². The number of hydrogen-bond acceptors (Lipinski definition) is 6. The molecule has 0 fully saturated rings. The summed E-state index contributed by atoms with van der Waals surface area (Å²) >= 11 is 1.58. The molecule has 0 bridgehead atoms. The van der Waals surface area contributed by atoms with E-state index in [9.17, 15) is 14.4 Å². The Morgan fingerprint density at radius 2 is 1.91 bits per heavy atom. The quantitative estimate of drug-likeness (QED) is 0.434. The molecule has 0 saturated heterocycles. The summed E-state index contributed by atoms with van der Waals surface area (Å²) in [5.74, 6) is -1.09. The Morgan fingerprint density at radius 3 is 2.61 bits per heavy atom. The monoisotopic (exact) mass is 465 g/mol. The number of carbonyl (C=O) groups is 1. The summed E-state index contributed by atoms with van der Waals surface area (Å²) in [6.45, 7) is 3.95. The number of nitrogens with zero attached hydrogens (tertiary/aromatic N) is 4. The Bertz CT molecular complexity index is 1510. The van der Waals surface area contributed by atoms with Gasteiger partial charge in [0, 0.05) is 6.54 Å². The highest BCUT2D eigenvalue weighted by Gasteiger charge is 2.12. The fourth-order valence-electron chi connectivity index (χ4n) is 3.37. The van der Waals surface area contributed by atoms with Crippen LogP contribution in [-0.4, -0.2) is 30.2 Å². The molecule has 4 aromatic rings. The SMILES string of the molecule is CCc1nc2ccc(/N=c3\[nH]c(=O)n(CCC(=O)O)c(=O)n3Cc3ccc(C)cc3)cc2s1. The smallest absolute Gasteiger partial charge is 0.335 e. The van der Waals surface area contributed by atoms with E-state index in [1.807, 2.05) is 50.2 Å². The predicted molar refractivity (Wildman–Crippen MR) is 126 cm³/mol. The maximum absolute atomic E-state index is 13.2. The average molecular weight is 466 g/mol. The summed E-state index contributed by atoms with van der Waals surface area (Å²) < 4.78 is 3.21. The first kappa shape index (κ1) is 22.4. The lowest BCUT2D eigenvalue weighted by molar-refractivity contribution is -0.137. The van der Waals surface area contributed by atoms with Crippen molar-refractivity contribution in [1.29, 1.82) is 0 Å². The average Bonchev–Trinajstić information content (AvgIpc) is 3.20. The van der Waals surface area contributed by atoms with Gasteiger partial charge in [-0.3, -0.25) is 14.3 Å². The zero-order chi connectivity index (χ0) is 23.5. The van der Waals surface area contributed by atoms with Crippen molar-refractivity contribution in [1.82, 2.24) is 19.1 Å². The maximum Gasteiger partial charge on any atom is 0.335 e. The first-order valence-corrected chi connectivity index (χ1v) is 11.3. The van der Waals surface area contributed by atoms with E-state index in [0.717, 1.165) is 37.3 Å². The second-order valence-electron chi connectivity index (χ2n) is 7.63. The molecule has 0 radical (unpaired) electrons. The minimum Gasteiger partial charge on any atom is -0.481 e. The van der Waals surface area contributed by atoms with E-state index >= 15 is 0 Å². The van der Waals surface area contributed by atoms with Gasteiger partial charge in [0.25, 0.3) is 0 Å². The molecule has 0 unspecified atom stereocenters. The number of H-pyrrole nitrogens is 1. The van der Waals surface area contributed by atoms with E-state index in [1.54, 1.807) is 17.4 Å². The normalized spacial score (nSPS) is 11.9. The minimum atomic E-state index is -1.09. The molecule has 9 nitrogen and oxygen atoms in total. The van der Waals surface area contributed by atoms with Crippen molar-refractivity contribution in [3.05, 3.63) is 85.2 Å². The molecular formula is C23H23N5O4S. The van der Waals surface area contributed by atoms with Crippen molar-refractivity contribution >= 4 is 33.2 Å². The molecule has 0 aliphatic carbocycles. The standard InChI is InChI=1S/C23H23N5O4S/c1-3-19-25-17-9-8-16(12-18(17)33-19)24-21-26-22(31)27(11-10-20(29)30)23(32)28(21)13-15-6-4-14(2)5-7-15/h4-9,12H,3,10-11,13H2,1-2H3,(H,29,30)(H,24,26,31). The second kappa shape index (κ2) is 9.37. The zero-order valence-electron chi connectivity index (χ0n) is 18.2. The Balaban J connectivity index is 1.86. The first-order chi connectivity index (χ1) is 15.8. The number of nitrogens with one attached hydrogen (secondary N) is 1. The van der Waals surface area contributed by atoms with E-state index in [-0.39, 0.29) is 25.1 Å². The molecule has 0 saturated carbocycles. The van der Waals surface area contributed by atoms with Crippen molar-refractivity contribution in [3.63, 3.8) is 0 Å². The second-order valence-corrected chi connectivity index (χ2v) is 8.74. The van der Waals surface area contributed by atoms with Crippen LogP contribution in [0.5, 0.6) is 0 Å². The van der Waals surface area contributed by atoms with E-state index in [4.69, 9.17) is 5.11 Å². The van der Waals surface area contributed by atoms with Gasteiger partial charge in [-0.05, 0) is 37.1 Å². The number of aryl methyl sites for hydroxylation is 2. The van der Waals surface area contributed by atoms with Gasteiger partial charge in [-0.15, -0.1) is 11.3 Å². The lowest BCUT2D eigenvalue weighted by atomic mass is 10.1. The molecule has 10 heteroatoms. The van der Waals surface area contributed by atoms with E-state index in [2.05, 4.69) is 15.0 Å². The van der Waals surface area contributed by atoms with Crippen LogP contribution in [0, 0.1) is 6.92 Å². The van der Waals surface area contributed by atoms with Gasteiger partial charge in [0.1, 0.15) is 0 Å². The van der Waals surface area contributed by atoms with Crippen LogP contribution in [0.15, 0.2) is 57.0 Å². The number of carboxylic acid groups (broad SMARTS) is 1. The Labute approximate surface area is 192 Å². The number of benzene rings is 2. The highest BCUT2D eigenvalue weighted by molar-refractivity contribution is 7.18. The maximum atomic E-state index is 13.2. The van der Waals surface area contributed by atoms with Crippen LogP contribution in [-0.2, 0) is 24.3 Å². The molecule has 170 valence electrons. The third-order valence-corrected chi connectivity index (χ3v) is 6.31. The Kier molecular flexibility index (Phi) is 6.36. The Hall–Kier alpha value is -3.79. The Morgan fingerprint density at radius 1 is 1.15 bits per heavy atom. The number of aliphatic carboxylic acids is 1. The fraction of sp³-hybridized carbons (Fsp3) is 0.261. The van der Waals surface area contributed by atoms with Gasteiger partial charge >= 0.3 is 17.3 Å². The first-order valence-electron chi connectivity index (χ1n) is 10.5. The highest BCUT2D eigenvalue weighted by Crippen LogP contribution is 2.26. The van der Waals surface area contributed by atoms with Gasteiger partial charge in [-0.2, -0.15) is 0 Å². The van der Waals surface area contributed by atoms with Crippen molar-refractivity contribution in [2.24, 2.45) is 4.99 Å². The summed E-state index contributed by atoms with van der Waals surface area (Å²) in [7, 11) is 0.